The molecule has 1 atom stereocenters. The molecule has 0 spiro atoms. The van der Waals surface area contributed by atoms with E-state index in [1.165, 1.54) is 11.1 Å². The molecule has 1 unspecified atom stereocenters. The lowest BCUT2D eigenvalue weighted by Crippen LogP contribution is -2.30. The number of methoxy groups -OCH3 is 1. The summed E-state index contributed by atoms with van der Waals surface area (Å²) in [7, 11) is 1.71. The van der Waals surface area contributed by atoms with Gasteiger partial charge in [0.05, 0.1) is 7.11 Å². The molecule has 0 fully saturated rings. The molecule has 1 aromatic carbocycles. The van der Waals surface area contributed by atoms with Crippen LogP contribution in [0.3, 0.4) is 0 Å². The van der Waals surface area contributed by atoms with Gasteiger partial charge in [0.2, 0.25) is 0 Å². The Labute approximate surface area is 111 Å². The highest BCUT2D eigenvalue weighted by atomic mass is 16.5. The Morgan fingerprint density at radius 3 is 2.50 bits per heavy atom. The number of nitrogens with two attached hydrogens (primary N) is 1. The highest BCUT2D eigenvalue weighted by molar-refractivity contribution is 5.39. The van der Waals surface area contributed by atoms with Crippen LogP contribution in [-0.4, -0.2) is 19.7 Å². The number of hydrogen-bond acceptors (Lipinski definition) is 3. The summed E-state index contributed by atoms with van der Waals surface area (Å²) in [5, 5.41) is 3.35. The Morgan fingerprint density at radius 1 is 1.33 bits per heavy atom. The third-order valence-electron chi connectivity index (χ3n) is 2.93. The van der Waals surface area contributed by atoms with Crippen molar-refractivity contribution in [2.24, 2.45) is 5.73 Å². The molecular weight excluding hydrogens is 224 g/mol. The van der Waals surface area contributed by atoms with Crippen LogP contribution in [0.2, 0.25) is 0 Å². The third-order valence-corrected chi connectivity index (χ3v) is 2.93. The second kappa shape index (κ2) is 6.21. The van der Waals surface area contributed by atoms with Gasteiger partial charge in [-0.05, 0) is 24.0 Å². The minimum atomic E-state index is 0.155. The summed E-state index contributed by atoms with van der Waals surface area (Å²) in [6.45, 7) is 10.2. The molecule has 0 saturated heterocycles. The molecule has 0 bridgehead atoms. The topological polar surface area (TPSA) is 47.3 Å². The highest BCUT2D eigenvalue weighted by Crippen LogP contribution is 2.27. The molecule has 0 radical (unpaired) electrons. The van der Waals surface area contributed by atoms with Gasteiger partial charge >= 0.3 is 0 Å². The van der Waals surface area contributed by atoms with Crippen molar-refractivity contribution in [3.8, 4) is 5.75 Å². The summed E-state index contributed by atoms with van der Waals surface area (Å²) in [6, 6.07) is 6.56. The highest BCUT2D eigenvalue weighted by Gasteiger charge is 2.15. The van der Waals surface area contributed by atoms with Crippen LogP contribution in [0.25, 0.3) is 0 Å². The van der Waals surface area contributed by atoms with Crippen molar-refractivity contribution in [2.45, 2.75) is 45.7 Å². The van der Waals surface area contributed by atoms with Crippen molar-refractivity contribution in [3.05, 3.63) is 29.3 Å². The van der Waals surface area contributed by atoms with E-state index in [-0.39, 0.29) is 11.5 Å². The molecular formula is C15H26N2O. The molecule has 0 aromatic heterocycles. The van der Waals surface area contributed by atoms with E-state index in [9.17, 15) is 0 Å². The average Bonchev–Trinajstić information content (AvgIpc) is 2.27. The lowest BCUT2D eigenvalue weighted by Gasteiger charge is -2.21. The van der Waals surface area contributed by atoms with Crippen LogP contribution in [-0.2, 0) is 12.0 Å². The maximum atomic E-state index is 5.73. The normalized spacial score (nSPS) is 13.4. The van der Waals surface area contributed by atoms with Gasteiger partial charge in [-0.15, -0.1) is 0 Å². The van der Waals surface area contributed by atoms with Gasteiger partial charge < -0.3 is 15.8 Å². The van der Waals surface area contributed by atoms with E-state index < -0.39 is 0 Å². The molecule has 18 heavy (non-hydrogen) atoms. The fourth-order valence-corrected chi connectivity index (χ4v) is 1.82. The van der Waals surface area contributed by atoms with E-state index in [0.29, 0.717) is 0 Å². The van der Waals surface area contributed by atoms with E-state index in [1.54, 1.807) is 7.11 Å². The van der Waals surface area contributed by atoms with Gasteiger partial charge in [-0.3, -0.25) is 0 Å². The molecule has 0 saturated carbocycles. The van der Waals surface area contributed by atoms with Gasteiger partial charge in [-0.1, -0.05) is 32.9 Å². The SMILES string of the molecule is COc1ccc(C(C)(C)C)cc1CNCC(C)N. The fraction of sp³-hybridized carbons (Fsp3) is 0.600. The number of benzene rings is 1. The zero-order valence-electron chi connectivity index (χ0n) is 12.2. The fourth-order valence-electron chi connectivity index (χ4n) is 1.82. The van der Waals surface area contributed by atoms with Crippen molar-refractivity contribution in [1.82, 2.24) is 5.32 Å². The van der Waals surface area contributed by atoms with Crippen LogP contribution in [0.5, 0.6) is 5.75 Å². The zero-order valence-corrected chi connectivity index (χ0v) is 12.2. The summed E-state index contributed by atoms with van der Waals surface area (Å²) < 4.78 is 5.40. The minimum absolute atomic E-state index is 0.155. The monoisotopic (exact) mass is 250 g/mol. The van der Waals surface area contributed by atoms with Crippen LogP contribution >= 0.6 is 0 Å². The van der Waals surface area contributed by atoms with Crippen LogP contribution in [0.4, 0.5) is 0 Å². The molecule has 102 valence electrons. The van der Waals surface area contributed by atoms with Crippen LogP contribution in [0.15, 0.2) is 18.2 Å². The summed E-state index contributed by atoms with van der Waals surface area (Å²) >= 11 is 0. The molecule has 3 nitrogen and oxygen atoms in total. The number of ether oxygens (including phenoxy) is 1. The van der Waals surface area contributed by atoms with Gasteiger partial charge in [0.25, 0.3) is 0 Å². The van der Waals surface area contributed by atoms with Crippen LogP contribution in [0, 0.1) is 0 Å². The quantitative estimate of drug-likeness (QED) is 0.843. The Balaban J connectivity index is 2.86. The first-order valence-electron chi connectivity index (χ1n) is 6.48. The molecule has 0 aliphatic rings. The first-order valence-corrected chi connectivity index (χ1v) is 6.48. The van der Waals surface area contributed by atoms with Crippen molar-refractivity contribution in [1.29, 1.82) is 0 Å². The average molecular weight is 250 g/mol. The molecule has 3 heteroatoms. The van der Waals surface area contributed by atoms with Gasteiger partial charge in [-0.25, -0.2) is 0 Å². The van der Waals surface area contributed by atoms with Gasteiger partial charge in [0.1, 0.15) is 5.75 Å². The smallest absolute Gasteiger partial charge is 0.123 e. The summed E-state index contributed by atoms with van der Waals surface area (Å²) in [5.74, 6) is 0.931. The Kier molecular flexibility index (Phi) is 5.17. The summed E-state index contributed by atoms with van der Waals surface area (Å²) in [5.41, 5.74) is 8.39. The summed E-state index contributed by atoms with van der Waals surface area (Å²) in [6.07, 6.45) is 0. The van der Waals surface area contributed by atoms with Crippen molar-refractivity contribution < 1.29 is 4.74 Å². The Morgan fingerprint density at radius 2 is 2.00 bits per heavy atom. The standard InChI is InChI=1S/C15H26N2O/c1-11(16)9-17-10-12-8-13(15(2,3)4)6-7-14(12)18-5/h6-8,11,17H,9-10,16H2,1-5H3. The van der Waals surface area contributed by atoms with E-state index in [1.807, 2.05) is 13.0 Å². The number of rotatable bonds is 5. The van der Waals surface area contributed by atoms with Crippen molar-refractivity contribution in [3.63, 3.8) is 0 Å². The lowest BCUT2D eigenvalue weighted by molar-refractivity contribution is 0.406. The zero-order chi connectivity index (χ0) is 13.8. The summed E-state index contributed by atoms with van der Waals surface area (Å²) in [4.78, 5) is 0. The van der Waals surface area contributed by atoms with E-state index in [2.05, 4.69) is 38.2 Å². The lowest BCUT2D eigenvalue weighted by atomic mass is 9.86. The molecule has 1 rings (SSSR count). The predicted octanol–water partition coefficient (Wildman–Crippen LogP) is 2.43. The largest absolute Gasteiger partial charge is 0.496 e. The van der Waals surface area contributed by atoms with E-state index in [0.717, 1.165) is 18.8 Å². The molecule has 0 aliphatic carbocycles. The predicted molar refractivity (Wildman–Crippen MR) is 77.1 cm³/mol. The van der Waals surface area contributed by atoms with Gasteiger partial charge in [0.15, 0.2) is 0 Å². The Hall–Kier alpha value is -1.06. The van der Waals surface area contributed by atoms with Crippen LogP contribution < -0.4 is 15.8 Å². The van der Waals surface area contributed by atoms with Gasteiger partial charge in [-0.2, -0.15) is 0 Å². The Bertz CT molecular complexity index is 381. The molecule has 0 aliphatic heterocycles. The molecule has 1 aromatic rings. The third kappa shape index (κ3) is 4.31. The van der Waals surface area contributed by atoms with Crippen molar-refractivity contribution in [2.75, 3.05) is 13.7 Å². The second-order valence-electron chi connectivity index (χ2n) is 5.88. The first kappa shape index (κ1) is 15.0. The van der Waals surface area contributed by atoms with E-state index >= 15 is 0 Å². The molecule has 3 N–H and O–H groups in total. The van der Waals surface area contributed by atoms with Crippen LogP contribution in [0.1, 0.15) is 38.8 Å². The van der Waals surface area contributed by atoms with Crippen molar-refractivity contribution >= 4 is 0 Å². The maximum absolute atomic E-state index is 5.73. The van der Waals surface area contributed by atoms with E-state index in [4.69, 9.17) is 10.5 Å². The molecule has 0 heterocycles. The second-order valence-corrected chi connectivity index (χ2v) is 5.88. The number of nitrogens with one attached hydrogen (secondary N) is 1. The first-order chi connectivity index (χ1) is 8.34. The minimum Gasteiger partial charge on any atom is -0.496 e. The molecule has 0 amide bonds. The maximum Gasteiger partial charge on any atom is 0.123 e. The number of hydrogen-bond donors (Lipinski definition) is 2. The van der Waals surface area contributed by atoms with Gasteiger partial charge in [0, 0.05) is 24.7 Å².